The Labute approximate surface area is 79.6 Å². The molecule has 1 saturated carbocycles. The Kier molecular flexibility index (Phi) is 2.54. The molecule has 13 heavy (non-hydrogen) atoms. The van der Waals surface area contributed by atoms with E-state index in [1.54, 1.807) is 7.11 Å². The van der Waals surface area contributed by atoms with Crippen molar-refractivity contribution in [1.82, 2.24) is 4.90 Å². The lowest BCUT2D eigenvalue weighted by Crippen LogP contribution is -2.41. The third kappa shape index (κ3) is 2.02. The van der Waals surface area contributed by atoms with Crippen LogP contribution >= 0.6 is 0 Å². The summed E-state index contributed by atoms with van der Waals surface area (Å²) in [5, 5.41) is 7.91. The van der Waals surface area contributed by atoms with Gasteiger partial charge in [0.1, 0.15) is 0 Å². The summed E-state index contributed by atoms with van der Waals surface area (Å²) in [6.07, 6.45) is 5.09. The van der Waals surface area contributed by atoms with Crippen molar-refractivity contribution >= 4 is 5.84 Å². The lowest BCUT2D eigenvalue weighted by Gasteiger charge is -2.33. The van der Waals surface area contributed by atoms with Crippen LogP contribution in [-0.4, -0.2) is 37.0 Å². The maximum Gasteiger partial charge on any atom is 0.0989 e. The van der Waals surface area contributed by atoms with E-state index in [4.69, 9.17) is 10.1 Å². The van der Waals surface area contributed by atoms with Gasteiger partial charge in [0, 0.05) is 26.1 Å². The molecule has 3 nitrogen and oxygen atoms in total. The summed E-state index contributed by atoms with van der Waals surface area (Å²) in [5.74, 6) is 1.48. The monoisotopic (exact) mass is 182 g/mol. The van der Waals surface area contributed by atoms with Gasteiger partial charge in [-0.05, 0) is 25.7 Å². The van der Waals surface area contributed by atoms with Gasteiger partial charge in [0.2, 0.25) is 0 Å². The Balaban J connectivity index is 1.79. The molecule has 2 aliphatic rings. The highest BCUT2D eigenvalue weighted by Gasteiger charge is 2.31. The van der Waals surface area contributed by atoms with Crippen molar-refractivity contribution in [3.8, 4) is 0 Å². The number of rotatable bonds is 2. The third-order valence-corrected chi connectivity index (χ3v) is 3.08. The summed E-state index contributed by atoms with van der Waals surface area (Å²) in [5.41, 5.74) is 0. The van der Waals surface area contributed by atoms with Crippen LogP contribution in [0, 0.1) is 11.3 Å². The van der Waals surface area contributed by atoms with Crippen molar-refractivity contribution in [2.75, 3.05) is 20.2 Å². The molecule has 0 spiro atoms. The van der Waals surface area contributed by atoms with Crippen molar-refractivity contribution in [3.05, 3.63) is 0 Å². The molecule has 1 aliphatic carbocycles. The molecule has 1 heterocycles. The Morgan fingerprint density at radius 3 is 2.31 bits per heavy atom. The first-order chi connectivity index (χ1) is 6.31. The SMILES string of the molecule is COC1CCN(C(=N)C2CC2)CC1. The molecule has 1 N–H and O–H groups in total. The highest BCUT2D eigenvalue weighted by atomic mass is 16.5. The van der Waals surface area contributed by atoms with Crippen LogP contribution in [-0.2, 0) is 4.74 Å². The molecule has 0 atom stereocenters. The quantitative estimate of drug-likeness (QED) is 0.519. The van der Waals surface area contributed by atoms with Gasteiger partial charge in [0.25, 0.3) is 0 Å². The van der Waals surface area contributed by atoms with E-state index >= 15 is 0 Å². The second-order valence-corrected chi connectivity index (χ2v) is 4.08. The summed E-state index contributed by atoms with van der Waals surface area (Å²) in [6.45, 7) is 2.04. The van der Waals surface area contributed by atoms with Gasteiger partial charge in [-0.2, -0.15) is 0 Å². The van der Waals surface area contributed by atoms with E-state index in [0.717, 1.165) is 31.8 Å². The molecule has 0 aromatic rings. The van der Waals surface area contributed by atoms with Crippen molar-refractivity contribution in [3.63, 3.8) is 0 Å². The number of methoxy groups -OCH3 is 1. The lowest BCUT2D eigenvalue weighted by atomic mass is 10.1. The van der Waals surface area contributed by atoms with Crippen LogP contribution in [0.5, 0.6) is 0 Å². The number of likely N-dealkylation sites (tertiary alicyclic amines) is 1. The van der Waals surface area contributed by atoms with Gasteiger partial charge in [-0.1, -0.05) is 0 Å². The Bertz CT molecular complexity index is 193. The zero-order valence-electron chi connectivity index (χ0n) is 8.25. The van der Waals surface area contributed by atoms with Crippen molar-refractivity contribution in [2.24, 2.45) is 5.92 Å². The predicted octanol–water partition coefficient (Wildman–Crippen LogP) is 1.48. The van der Waals surface area contributed by atoms with Gasteiger partial charge in [-0.15, -0.1) is 0 Å². The minimum absolute atomic E-state index is 0.434. The van der Waals surface area contributed by atoms with Gasteiger partial charge in [-0.25, -0.2) is 0 Å². The molecular weight excluding hydrogens is 164 g/mol. The fourth-order valence-corrected chi connectivity index (χ4v) is 1.95. The third-order valence-electron chi connectivity index (χ3n) is 3.08. The summed E-state index contributed by atoms with van der Waals surface area (Å²) >= 11 is 0. The molecule has 0 aromatic heterocycles. The van der Waals surface area contributed by atoms with E-state index in [2.05, 4.69) is 4.90 Å². The fourth-order valence-electron chi connectivity index (χ4n) is 1.95. The number of nitrogens with one attached hydrogen (secondary N) is 1. The van der Waals surface area contributed by atoms with Gasteiger partial charge in [-0.3, -0.25) is 5.41 Å². The van der Waals surface area contributed by atoms with Gasteiger partial charge in [0.15, 0.2) is 0 Å². The zero-order valence-corrected chi connectivity index (χ0v) is 8.25. The molecule has 0 unspecified atom stereocenters. The van der Waals surface area contributed by atoms with Crippen LogP contribution < -0.4 is 0 Å². The normalized spacial score (nSPS) is 24.8. The van der Waals surface area contributed by atoms with Crippen LogP contribution in [0.3, 0.4) is 0 Å². The maximum atomic E-state index is 7.91. The maximum absolute atomic E-state index is 7.91. The van der Waals surface area contributed by atoms with Crippen LogP contribution in [0.1, 0.15) is 25.7 Å². The second-order valence-electron chi connectivity index (χ2n) is 4.08. The topological polar surface area (TPSA) is 36.3 Å². The van der Waals surface area contributed by atoms with Gasteiger partial charge in [0.05, 0.1) is 11.9 Å². The smallest absolute Gasteiger partial charge is 0.0989 e. The van der Waals surface area contributed by atoms with E-state index in [1.807, 2.05) is 0 Å². The number of hydrogen-bond donors (Lipinski definition) is 1. The molecule has 0 radical (unpaired) electrons. The minimum atomic E-state index is 0.434. The second kappa shape index (κ2) is 3.66. The average Bonchev–Trinajstić information content (AvgIpc) is 3.00. The molecule has 2 fully saturated rings. The summed E-state index contributed by atoms with van der Waals surface area (Å²) in [7, 11) is 1.78. The predicted molar refractivity (Wildman–Crippen MR) is 52.1 cm³/mol. The summed E-state index contributed by atoms with van der Waals surface area (Å²) in [4.78, 5) is 2.23. The van der Waals surface area contributed by atoms with Crippen molar-refractivity contribution in [2.45, 2.75) is 31.8 Å². The van der Waals surface area contributed by atoms with Crippen LogP contribution in [0.25, 0.3) is 0 Å². The number of ether oxygens (including phenoxy) is 1. The molecule has 0 amide bonds. The Morgan fingerprint density at radius 1 is 1.23 bits per heavy atom. The zero-order chi connectivity index (χ0) is 9.26. The number of hydrogen-bond acceptors (Lipinski definition) is 2. The van der Waals surface area contributed by atoms with Gasteiger partial charge < -0.3 is 9.64 Å². The first kappa shape index (κ1) is 9.00. The largest absolute Gasteiger partial charge is 0.381 e. The molecule has 1 saturated heterocycles. The average molecular weight is 182 g/mol. The van der Waals surface area contributed by atoms with E-state index < -0.39 is 0 Å². The lowest BCUT2D eigenvalue weighted by molar-refractivity contribution is 0.0571. The van der Waals surface area contributed by atoms with Crippen LogP contribution in [0.4, 0.5) is 0 Å². The van der Waals surface area contributed by atoms with E-state index in [0.29, 0.717) is 12.0 Å². The molecule has 0 bridgehead atoms. The highest BCUT2D eigenvalue weighted by molar-refractivity contribution is 5.83. The summed E-state index contributed by atoms with van der Waals surface area (Å²) in [6, 6.07) is 0. The van der Waals surface area contributed by atoms with Crippen molar-refractivity contribution in [1.29, 1.82) is 5.41 Å². The summed E-state index contributed by atoms with van der Waals surface area (Å²) < 4.78 is 5.30. The standard InChI is InChI=1S/C10H18N2O/c1-13-9-4-6-12(7-5-9)10(11)8-2-3-8/h8-9,11H,2-7H2,1H3. The Morgan fingerprint density at radius 2 is 1.85 bits per heavy atom. The van der Waals surface area contributed by atoms with Crippen LogP contribution in [0.15, 0.2) is 0 Å². The van der Waals surface area contributed by atoms with E-state index in [1.165, 1.54) is 12.8 Å². The first-order valence-electron chi connectivity index (χ1n) is 5.17. The number of amidine groups is 1. The first-order valence-corrected chi connectivity index (χ1v) is 5.17. The molecule has 2 rings (SSSR count). The minimum Gasteiger partial charge on any atom is -0.381 e. The highest BCUT2D eigenvalue weighted by Crippen LogP contribution is 2.32. The molecule has 3 heteroatoms. The molecule has 1 aliphatic heterocycles. The molecular formula is C10H18N2O. The number of nitrogens with zero attached hydrogens (tertiary/aromatic N) is 1. The van der Waals surface area contributed by atoms with E-state index in [9.17, 15) is 0 Å². The van der Waals surface area contributed by atoms with E-state index in [-0.39, 0.29) is 0 Å². The molecule has 0 aromatic carbocycles. The van der Waals surface area contributed by atoms with Crippen molar-refractivity contribution < 1.29 is 4.74 Å². The van der Waals surface area contributed by atoms with Gasteiger partial charge >= 0.3 is 0 Å². The Hall–Kier alpha value is -0.570. The molecule has 74 valence electrons. The fraction of sp³-hybridized carbons (Fsp3) is 0.900. The number of piperidine rings is 1. The van der Waals surface area contributed by atoms with Crippen LogP contribution in [0.2, 0.25) is 0 Å².